The van der Waals surface area contributed by atoms with Crippen molar-refractivity contribution in [2.24, 2.45) is 0 Å². The molecule has 0 saturated carbocycles. The maximum atomic E-state index is 12.2. The topological polar surface area (TPSA) is 135 Å². The van der Waals surface area contributed by atoms with E-state index >= 15 is 0 Å². The van der Waals surface area contributed by atoms with E-state index in [4.69, 9.17) is 21.1 Å². The number of carbonyl (C=O) groups is 2. The Morgan fingerprint density at radius 3 is 2.41 bits per heavy atom. The van der Waals surface area contributed by atoms with Gasteiger partial charge < -0.3 is 21.1 Å². The number of nitrogens with zero attached hydrogens (tertiary/aromatic N) is 3. The van der Waals surface area contributed by atoms with Gasteiger partial charge in [-0.25, -0.2) is 14.3 Å². The van der Waals surface area contributed by atoms with Crippen LogP contribution in [0.25, 0.3) is 11.4 Å². The Kier molecular flexibility index (Phi) is 6.09. The first-order valence-corrected chi connectivity index (χ1v) is 10.2. The van der Waals surface area contributed by atoms with Crippen molar-refractivity contribution in [3.8, 4) is 11.4 Å². The van der Waals surface area contributed by atoms with Gasteiger partial charge in [0.2, 0.25) is 5.16 Å². The Morgan fingerprint density at radius 1 is 1.14 bits per heavy atom. The zero-order chi connectivity index (χ0) is 21.1. The summed E-state index contributed by atoms with van der Waals surface area (Å²) in [4.78, 5) is 24.5. The minimum absolute atomic E-state index is 0.146. The van der Waals surface area contributed by atoms with Gasteiger partial charge in [0.05, 0.1) is 19.8 Å². The molecule has 0 spiro atoms. The molecule has 152 valence electrons. The third kappa shape index (κ3) is 4.05. The molecular formula is C18H19N5O4S2. The lowest BCUT2D eigenvalue weighted by Crippen LogP contribution is -2.12. The van der Waals surface area contributed by atoms with Gasteiger partial charge in [-0.2, -0.15) is 0 Å². The van der Waals surface area contributed by atoms with Gasteiger partial charge in [-0.05, 0) is 6.92 Å². The summed E-state index contributed by atoms with van der Waals surface area (Å²) in [5.74, 6) is 5.65. The molecule has 0 bridgehead atoms. The van der Waals surface area contributed by atoms with Crippen molar-refractivity contribution in [1.82, 2.24) is 14.9 Å². The summed E-state index contributed by atoms with van der Waals surface area (Å²) in [5.41, 5.74) is 8.44. The summed E-state index contributed by atoms with van der Waals surface area (Å²) in [7, 11) is 2.51. The average molecular weight is 434 g/mol. The van der Waals surface area contributed by atoms with Gasteiger partial charge in [0, 0.05) is 16.9 Å². The Bertz CT molecular complexity index is 1060. The number of nitrogens with two attached hydrogens (primary N) is 2. The summed E-state index contributed by atoms with van der Waals surface area (Å²) in [6, 6.07) is 7.72. The SMILES string of the molecule is COC(=O)c1sc(N)c(C(=O)OC)c1CSc1nnc(-c2ccc(C)cc2)n1N. The second kappa shape index (κ2) is 8.53. The molecule has 2 heterocycles. The minimum atomic E-state index is -0.626. The second-order valence-electron chi connectivity index (χ2n) is 5.96. The number of aryl methyl sites for hydroxylation is 1. The molecular weight excluding hydrogens is 414 g/mol. The number of benzene rings is 1. The third-order valence-corrected chi connectivity index (χ3v) is 6.13. The number of carbonyl (C=O) groups excluding carboxylic acids is 2. The van der Waals surface area contributed by atoms with E-state index in [0.717, 1.165) is 22.5 Å². The van der Waals surface area contributed by atoms with Crippen LogP contribution >= 0.6 is 23.1 Å². The highest BCUT2D eigenvalue weighted by Crippen LogP contribution is 2.36. The highest BCUT2D eigenvalue weighted by Gasteiger charge is 2.27. The summed E-state index contributed by atoms with van der Waals surface area (Å²) >= 11 is 2.19. The highest BCUT2D eigenvalue weighted by molar-refractivity contribution is 7.98. The highest BCUT2D eigenvalue weighted by atomic mass is 32.2. The lowest BCUT2D eigenvalue weighted by atomic mass is 10.1. The Labute approximate surface area is 175 Å². The monoisotopic (exact) mass is 433 g/mol. The summed E-state index contributed by atoms with van der Waals surface area (Å²) < 4.78 is 11.0. The van der Waals surface area contributed by atoms with Crippen molar-refractivity contribution < 1.29 is 19.1 Å². The molecule has 0 fully saturated rings. The predicted octanol–water partition coefficient (Wildman–Crippen LogP) is 2.48. The van der Waals surface area contributed by atoms with Crippen molar-refractivity contribution in [2.45, 2.75) is 17.8 Å². The smallest absolute Gasteiger partial charge is 0.348 e. The molecule has 2 aromatic heterocycles. The number of hydrogen-bond donors (Lipinski definition) is 2. The first kappa shape index (κ1) is 20.7. The molecule has 0 saturated heterocycles. The van der Waals surface area contributed by atoms with E-state index < -0.39 is 11.9 Å². The van der Waals surface area contributed by atoms with Gasteiger partial charge >= 0.3 is 11.9 Å². The molecule has 3 rings (SSSR count). The van der Waals surface area contributed by atoms with Crippen LogP contribution in [0.2, 0.25) is 0 Å². The van der Waals surface area contributed by atoms with Crippen LogP contribution in [0.5, 0.6) is 0 Å². The van der Waals surface area contributed by atoms with Gasteiger partial charge in [-0.1, -0.05) is 41.6 Å². The fraction of sp³-hybridized carbons (Fsp3) is 0.222. The zero-order valence-electron chi connectivity index (χ0n) is 16.0. The zero-order valence-corrected chi connectivity index (χ0v) is 17.6. The normalized spacial score (nSPS) is 10.7. The van der Waals surface area contributed by atoms with Crippen LogP contribution < -0.4 is 11.6 Å². The van der Waals surface area contributed by atoms with Crippen molar-refractivity contribution >= 4 is 40.0 Å². The molecule has 0 amide bonds. The molecule has 0 aliphatic rings. The molecule has 3 aromatic rings. The molecule has 9 nitrogen and oxygen atoms in total. The van der Waals surface area contributed by atoms with E-state index in [0.29, 0.717) is 16.5 Å². The summed E-state index contributed by atoms with van der Waals surface area (Å²) in [6.07, 6.45) is 0. The predicted molar refractivity (Wildman–Crippen MR) is 111 cm³/mol. The van der Waals surface area contributed by atoms with E-state index in [9.17, 15) is 9.59 Å². The van der Waals surface area contributed by atoms with E-state index in [1.807, 2.05) is 31.2 Å². The van der Waals surface area contributed by atoms with Gasteiger partial charge in [0.1, 0.15) is 9.88 Å². The first-order valence-electron chi connectivity index (χ1n) is 8.35. The van der Waals surface area contributed by atoms with E-state index in [1.165, 1.54) is 30.7 Å². The van der Waals surface area contributed by atoms with Crippen LogP contribution in [0.1, 0.15) is 31.2 Å². The van der Waals surface area contributed by atoms with Crippen molar-refractivity contribution in [3.05, 3.63) is 45.8 Å². The number of thiophene rings is 1. The van der Waals surface area contributed by atoms with Crippen LogP contribution in [0.3, 0.4) is 0 Å². The molecule has 11 heteroatoms. The molecule has 29 heavy (non-hydrogen) atoms. The first-order chi connectivity index (χ1) is 13.9. The number of hydrogen-bond acceptors (Lipinski definition) is 10. The van der Waals surface area contributed by atoms with E-state index in [2.05, 4.69) is 10.2 Å². The average Bonchev–Trinajstić information content (AvgIpc) is 3.25. The number of nitrogen functional groups attached to an aromatic ring is 2. The molecule has 4 N–H and O–H groups in total. The van der Waals surface area contributed by atoms with Gasteiger partial charge in [-0.3, -0.25) is 0 Å². The largest absolute Gasteiger partial charge is 0.465 e. The fourth-order valence-corrected chi connectivity index (χ4v) is 4.59. The van der Waals surface area contributed by atoms with Gasteiger partial charge in [-0.15, -0.1) is 21.5 Å². The van der Waals surface area contributed by atoms with Crippen LogP contribution in [-0.4, -0.2) is 41.0 Å². The molecule has 0 unspecified atom stereocenters. The number of methoxy groups -OCH3 is 2. The maximum Gasteiger partial charge on any atom is 0.348 e. The molecule has 1 aromatic carbocycles. The number of ether oxygens (including phenoxy) is 2. The maximum absolute atomic E-state index is 12.2. The number of aromatic nitrogens is 3. The van der Waals surface area contributed by atoms with Crippen LogP contribution in [0.15, 0.2) is 29.4 Å². The standard InChI is InChI=1S/C18H19N5O4S2/c1-9-4-6-10(7-5-9)15-21-22-18(23(15)20)28-8-11-12(16(24)26-2)14(19)29-13(11)17(25)27-3/h4-7H,8,19-20H2,1-3H3. The minimum Gasteiger partial charge on any atom is -0.465 e. The van der Waals surface area contributed by atoms with Crippen LogP contribution in [-0.2, 0) is 15.2 Å². The molecule has 0 aliphatic heterocycles. The van der Waals surface area contributed by atoms with Gasteiger partial charge in [0.15, 0.2) is 5.82 Å². The molecule has 0 aliphatic carbocycles. The lowest BCUT2D eigenvalue weighted by molar-refractivity contribution is 0.0601. The quantitative estimate of drug-likeness (QED) is 0.341. The third-order valence-electron chi connectivity index (χ3n) is 4.11. The van der Waals surface area contributed by atoms with Gasteiger partial charge in [0.25, 0.3) is 0 Å². The fourth-order valence-electron chi connectivity index (χ4n) is 2.62. The van der Waals surface area contributed by atoms with Crippen molar-refractivity contribution in [2.75, 3.05) is 25.8 Å². The lowest BCUT2D eigenvalue weighted by Gasteiger charge is -2.07. The number of rotatable bonds is 6. The second-order valence-corrected chi connectivity index (χ2v) is 7.96. The Hall–Kier alpha value is -3.05. The summed E-state index contributed by atoms with van der Waals surface area (Å²) in [6.45, 7) is 1.99. The van der Waals surface area contributed by atoms with E-state index in [1.54, 1.807) is 0 Å². The number of anilines is 1. The Morgan fingerprint density at radius 2 is 1.79 bits per heavy atom. The number of thioether (sulfide) groups is 1. The van der Waals surface area contributed by atoms with Crippen LogP contribution in [0.4, 0.5) is 5.00 Å². The Balaban J connectivity index is 1.91. The summed E-state index contributed by atoms with van der Waals surface area (Å²) in [5, 5.41) is 8.86. The van der Waals surface area contributed by atoms with Crippen molar-refractivity contribution in [3.63, 3.8) is 0 Å². The molecule has 0 radical (unpaired) electrons. The van der Waals surface area contributed by atoms with E-state index in [-0.39, 0.29) is 21.2 Å². The van der Waals surface area contributed by atoms with Crippen molar-refractivity contribution in [1.29, 1.82) is 0 Å². The number of esters is 2. The molecule has 0 atom stereocenters. The van der Waals surface area contributed by atoms with Crippen LogP contribution in [0, 0.1) is 6.92 Å².